The van der Waals surface area contributed by atoms with E-state index in [9.17, 15) is 22.4 Å². The first kappa shape index (κ1) is 28.1. The summed E-state index contributed by atoms with van der Waals surface area (Å²) in [6.45, 7) is 3.11. The highest BCUT2D eigenvalue weighted by Crippen LogP contribution is 2.27. The molecule has 37 heavy (non-hydrogen) atoms. The van der Waals surface area contributed by atoms with Crippen LogP contribution in [0.4, 0.5) is 10.1 Å². The predicted octanol–water partition coefficient (Wildman–Crippen LogP) is 4.62. The van der Waals surface area contributed by atoms with Crippen LogP contribution in [-0.4, -0.2) is 44.3 Å². The fourth-order valence-corrected chi connectivity index (χ4v) is 5.55. The maximum atomic E-state index is 14.9. The van der Waals surface area contributed by atoms with Crippen molar-refractivity contribution in [3.8, 4) is 0 Å². The van der Waals surface area contributed by atoms with E-state index < -0.39 is 34.3 Å². The molecule has 0 fully saturated rings. The van der Waals surface area contributed by atoms with Crippen LogP contribution < -0.4 is 9.62 Å². The van der Waals surface area contributed by atoms with Crippen molar-refractivity contribution in [1.29, 1.82) is 0 Å². The highest BCUT2D eigenvalue weighted by atomic mass is 35.5. The normalized spacial score (nSPS) is 12.0. The molecule has 0 spiro atoms. The lowest BCUT2D eigenvalue weighted by molar-refractivity contribution is -0.140. The summed E-state index contributed by atoms with van der Waals surface area (Å²) >= 11 is 6.34. The van der Waals surface area contributed by atoms with Crippen LogP contribution in [0.25, 0.3) is 0 Å². The molecule has 1 unspecified atom stereocenters. The first-order valence-electron chi connectivity index (χ1n) is 11.8. The average Bonchev–Trinajstić information content (AvgIpc) is 2.89. The SMILES string of the molecule is CCNC(=O)C(CC)N(Cc1ccccc1Cl)C(=O)CN(c1ccccc1F)S(=O)(=O)c1ccccc1. The van der Waals surface area contributed by atoms with Crippen molar-refractivity contribution < 1.29 is 22.4 Å². The third kappa shape index (κ3) is 6.67. The Bertz CT molecular complexity index is 1340. The van der Waals surface area contributed by atoms with Crippen molar-refractivity contribution in [1.82, 2.24) is 10.2 Å². The zero-order valence-corrected chi connectivity index (χ0v) is 22.2. The number of halogens is 2. The number of benzene rings is 3. The number of carbonyl (C=O) groups is 2. The molecule has 0 saturated heterocycles. The number of carbonyl (C=O) groups excluding carboxylic acids is 2. The molecule has 0 bridgehead atoms. The molecule has 0 aliphatic rings. The lowest BCUT2D eigenvalue weighted by Crippen LogP contribution is -2.52. The number of hydrogen-bond donors (Lipinski definition) is 1. The van der Waals surface area contributed by atoms with Crippen LogP contribution in [0.1, 0.15) is 25.8 Å². The molecule has 0 aliphatic carbocycles. The molecule has 1 N–H and O–H groups in total. The van der Waals surface area contributed by atoms with Gasteiger partial charge in [0.25, 0.3) is 10.0 Å². The minimum atomic E-state index is -4.33. The lowest BCUT2D eigenvalue weighted by atomic mass is 10.1. The number of anilines is 1. The number of likely N-dealkylation sites (N-methyl/N-ethyl adjacent to an activating group) is 1. The first-order valence-corrected chi connectivity index (χ1v) is 13.6. The van der Waals surface area contributed by atoms with E-state index in [1.165, 1.54) is 35.2 Å². The van der Waals surface area contributed by atoms with Gasteiger partial charge in [-0.25, -0.2) is 12.8 Å². The van der Waals surface area contributed by atoms with Crippen LogP contribution in [0.2, 0.25) is 5.02 Å². The van der Waals surface area contributed by atoms with E-state index in [2.05, 4.69) is 5.32 Å². The van der Waals surface area contributed by atoms with Crippen molar-refractivity contribution in [2.24, 2.45) is 0 Å². The van der Waals surface area contributed by atoms with Crippen LogP contribution in [0.5, 0.6) is 0 Å². The van der Waals surface area contributed by atoms with Gasteiger partial charge >= 0.3 is 0 Å². The van der Waals surface area contributed by atoms with Crippen LogP contribution in [0, 0.1) is 5.82 Å². The van der Waals surface area contributed by atoms with E-state index >= 15 is 0 Å². The summed E-state index contributed by atoms with van der Waals surface area (Å²) in [6, 6.07) is 18.8. The Balaban J connectivity index is 2.07. The van der Waals surface area contributed by atoms with Gasteiger partial charge < -0.3 is 10.2 Å². The highest BCUT2D eigenvalue weighted by molar-refractivity contribution is 7.92. The van der Waals surface area contributed by atoms with Crippen LogP contribution >= 0.6 is 11.6 Å². The summed E-state index contributed by atoms with van der Waals surface area (Å²) in [5.74, 6) is -1.86. The zero-order valence-electron chi connectivity index (χ0n) is 20.6. The van der Waals surface area contributed by atoms with E-state index in [1.54, 1.807) is 56.3 Å². The summed E-state index contributed by atoms with van der Waals surface area (Å²) in [6.07, 6.45) is 0.271. The van der Waals surface area contributed by atoms with Crippen molar-refractivity contribution >= 4 is 39.1 Å². The molecule has 10 heteroatoms. The molecule has 0 saturated carbocycles. The smallest absolute Gasteiger partial charge is 0.264 e. The minimum absolute atomic E-state index is 0.0371. The number of amides is 2. The topological polar surface area (TPSA) is 86.8 Å². The van der Waals surface area contributed by atoms with Gasteiger partial charge in [0.15, 0.2) is 0 Å². The second-order valence-electron chi connectivity index (χ2n) is 8.21. The molecular formula is C27H29ClFN3O4S. The molecule has 2 amide bonds. The van der Waals surface area contributed by atoms with Crippen molar-refractivity contribution in [3.63, 3.8) is 0 Å². The third-order valence-electron chi connectivity index (χ3n) is 5.77. The largest absolute Gasteiger partial charge is 0.355 e. The second kappa shape index (κ2) is 12.7. The molecule has 3 rings (SSSR count). The Morgan fingerprint density at radius 3 is 2.19 bits per heavy atom. The molecular weight excluding hydrogens is 517 g/mol. The molecule has 0 aliphatic heterocycles. The Labute approximate surface area is 221 Å². The minimum Gasteiger partial charge on any atom is -0.355 e. The van der Waals surface area contributed by atoms with Gasteiger partial charge in [-0.2, -0.15) is 0 Å². The van der Waals surface area contributed by atoms with Gasteiger partial charge in [-0.1, -0.05) is 67.1 Å². The van der Waals surface area contributed by atoms with Crippen molar-refractivity contribution in [3.05, 3.63) is 95.3 Å². The van der Waals surface area contributed by atoms with Gasteiger partial charge in [-0.05, 0) is 49.2 Å². The molecule has 7 nitrogen and oxygen atoms in total. The van der Waals surface area contributed by atoms with Crippen LogP contribution in [0.15, 0.2) is 83.8 Å². The summed E-state index contributed by atoms with van der Waals surface area (Å²) in [5, 5.41) is 3.12. The monoisotopic (exact) mass is 545 g/mol. The standard InChI is InChI=1S/C27H29ClFN3O4S/c1-3-24(27(34)30-4-2)31(18-20-12-8-9-15-22(20)28)26(33)19-32(25-17-11-10-16-23(25)29)37(35,36)21-13-6-5-7-14-21/h5-17,24H,3-4,18-19H2,1-2H3,(H,30,34). The quantitative estimate of drug-likeness (QED) is 0.381. The maximum absolute atomic E-state index is 14.9. The van der Waals surface area contributed by atoms with Gasteiger partial charge in [0.1, 0.15) is 18.4 Å². The number of nitrogens with one attached hydrogen (secondary N) is 1. The summed E-state index contributed by atoms with van der Waals surface area (Å²) < 4.78 is 42.9. The van der Waals surface area contributed by atoms with Crippen molar-refractivity contribution in [2.45, 2.75) is 37.8 Å². The maximum Gasteiger partial charge on any atom is 0.264 e. The molecule has 0 heterocycles. The van der Waals surface area contributed by atoms with E-state index in [0.29, 0.717) is 17.1 Å². The Hall–Kier alpha value is -3.43. The van der Waals surface area contributed by atoms with Gasteiger partial charge in [-0.15, -0.1) is 0 Å². The van der Waals surface area contributed by atoms with Crippen LogP contribution in [0.3, 0.4) is 0 Å². The summed E-state index contributed by atoms with van der Waals surface area (Å²) in [7, 11) is -4.33. The zero-order chi connectivity index (χ0) is 27.0. The van der Waals surface area contributed by atoms with Crippen LogP contribution in [-0.2, 0) is 26.2 Å². The molecule has 0 radical (unpaired) electrons. The number of para-hydroxylation sites is 1. The molecule has 196 valence electrons. The number of hydrogen-bond acceptors (Lipinski definition) is 4. The van der Waals surface area contributed by atoms with E-state index in [-0.39, 0.29) is 29.5 Å². The summed E-state index contributed by atoms with van der Waals surface area (Å²) in [5.41, 5.74) is 0.312. The molecule has 0 aromatic heterocycles. The van der Waals surface area contributed by atoms with Gasteiger partial charge in [0.05, 0.1) is 10.6 Å². The number of nitrogens with zero attached hydrogens (tertiary/aromatic N) is 2. The lowest BCUT2D eigenvalue weighted by Gasteiger charge is -2.33. The van der Waals surface area contributed by atoms with Crippen molar-refractivity contribution in [2.75, 3.05) is 17.4 Å². The Kier molecular flexibility index (Phi) is 9.66. The van der Waals surface area contributed by atoms with E-state index in [1.807, 2.05) is 0 Å². The molecule has 1 atom stereocenters. The average molecular weight is 546 g/mol. The predicted molar refractivity (Wildman–Crippen MR) is 142 cm³/mol. The summed E-state index contributed by atoms with van der Waals surface area (Å²) in [4.78, 5) is 27.9. The number of rotatable bonds is 11. The second-order valence-corrected chi connectivity index (χ2v) is 10.5. The Morgan fingerprint density at radius 1 is 0.946 bits per heavy atom. The van der Waals surface area contributed by atoms with Gasteiger partial charge in [0, 0.05) is 18.1 Å². The first-order chi connectivity index (χ1) is 17.7. The van der Waals surface area contributed by atoms with Gasteiger partial charge in [0.2, 0.25) is 11.8 Å². The van der Waals surface area contributed by atoms with E-state index in [4.69, 9.17) is 11.6 Å². The fourth-order valence-electron chi connectivity index (χ4n) is 3.91. The molecule has 3 aromatic rings. The van der Waals surface area contributed by atoms with Gasteiger partial charge in [-0.3, -0.25) is 13.9 Å². The number of sulfonamides is 1. The third-order valence-corrected chi connectivity index (χ3v) is 7.91. The molecule has 3 aromatic carbocycles. The Morgan fingerprint density at radius 2 is 1.57 bits per heavy atom. The highest BCUT2D eigenvalue weighted by Gasteiger charge is 2.34. The van der Waals surface area contributed by atoms with E-state index in [0.717, 1.165) is 10.4 Å². The fraction of sp³-hybridized carbons (Fsp3) is 0.259.